The molecule has 4 heteroatoms. The Morgan fingerprint density at radius 3 is 2.19 bits per heavy atom. The van der Waals surface area contributed by atoms with Gasteiger partial charge in [-0.05, 0) is 29.7 Å². The normalized spacial score (nSPS) is 16.3. The fourth-order valence-corrected chi connectivity index (χ4v) is 4.42. The highest BCUT2D eigenvalue weighted by atomic mass is 35.5. The standard InChI is InChI=1S/C27H31ClN2O/c1-22-9-5-6-12-24(22)21-30-17-15-29(16-18-30)19-20-31-27(23-10-3-2-4-11-23)25-13-7-8-14-26(25)28/h2-14,27H,15-21H2,1H3. The largest absolute Gasteiger partial charge is 0.367 e. The zero-order valence-corrected chi connectivity index (χ0v) is 19.0. The van der Waals surface area contributed by atoms with Crippen LogP contribution in [-0.2, 0) is 11.3 Å². The van der Waals surface area contributed by atoms with Crippen molar-refractivity contribution < 1.29 is 4.74 Å². The van der Waals surface area contributed by atoms with Crippen molar-refractivity contribution in [3.63, 3.8) is 0 Å². The molecule has 1 aliphatic rings. The van der Waals surface area contributed by atoms with E-state index in [-0.39, 0.29) is 6.10 Å². The summed E-state index contributed by atoms with van der Waals surface area (Å²) in [5, 5.41) is 0.751. The summed E-state index contributed by atoms with van der Waals surface area (Å²) in [5.41, 5.74) is 4.98. The Morgan fingerprint density at radius 1 is 0.806 bits per heavy atom. The van der Waals surface area contributed by atoms with E-state index in [2.05, 4.69) is 71.3 Å². The molecule has 0 N–H and O–H groups in total. The lowest BCUT2D eigenvalue weighted by Crippen LogP contribution is -2.46. The van der Waals surface area contributed by atoms with Crippen LogP contribution < -0.4 is 0 Å². The van der Waals surface area contributed by atoms with Gasteiger partial charge in [0.25, 0.3) is 0 Å². The van der Waals surface area contributed by atoms with E-state index in [1.54, 1.807) is 0 Å². The maximum atomic E-state index is 6.49. The molecule has 0 radical (unpaired) electrons. The Hall–Kier alpha value is -2.17. The first kappa shape index (κ1) is 22.0. The molecule has 1 atom stereocenters. The summed E-state index contributed by atoms with van der Waals surface area (Å²) in [6.45, 7) is 9.22. The molecule has 1 unspecified atom stereocenters. The monoisotopic (exact) mass is 434 g/mol. The van der Waals surface area contributed by atoms with Gasteiger partial charge in [0.05, 0.1) is 6.61 Å². The van der Waals surface area contributed by atoms with Gasteiger partial charge in [-0.3, -0.25) is 9.80 Å². The molecule has 0 bridgehead atoms. The Labute approximate surface area is 191 Å². The van der Waals surface area contributed by atoms with Crippen molar-refractivity contribution >= 4 is 11.6 Å². The van der Waals surface area contributed by atoms with Crippen molar-refractivity contribution in [1.82, 2.24) is 9.80 Å². The van der Waals surface area contributed by atoms with Crippen molar-refractivity contribution in [2.45, 2.75) is 19.6 Å². The molecule has 0 spiro atoms. The number of hydrogen-bond donors (Lipinski definition) is 0. The summed E-state index contributed by atoms with van der Waals surface area (Å²) < 4.78 is 6.40. The molecular weight excluding hydrogens is 404 g/mol. The molecule has 0 amide bonds. The van der Waals surface area contributed by atoms with E-state index in [9.17, 15) is 0 Å². The van der Waals surface area contributed by atoms with Crippen LogP contribution >= 0.6 is 11.6 Å². The summed E-state index contributed by atoms with van der Waals surface area (Å²) in [6, 6.07) is 27.0. The number of aryl methyl sites for hydroxylation is 1. The molecule has 4 rings (SSSR count). The van der Waals surface area contributed by atoms with Gasteiger partial charge in [0.1, 0.15) is 6.10 Å². The van der Waals surface area contributed by atoms with E-state index in [0.717, 1.165) is 55.4 Å². The van der Waals surface area contributed by atoms with Crippen LogP contribution in [0, 0.1) is 6.92 Å². The first-order chi connectivity index (χ1) is 15.2. The van der Waals surface area contributed by atoms with Gasteiger partial charge in [0.15, 0.2) is 0 Å². The third-order valence-corrected chi connectivity index (χ3v) is 6.45. The van der Waals surface area contributed by atoms with E-state index >= 15 is 0 Å². The topological polar surface area (TPSA) is 15.7 Å². The van der Waals surface area contributed by atoms with E-state index in [0.29, 0.717) is 6.61 Å². The van der Waals surface area contributed by atoms with E-state index < -0.39 is 0 Å². The molecule has 162 valence electrons. The minimum Gasteiger partial charge on any atom is -0.367 e. The minimum absolute atomic E-state index is 0.141. The number of nitrogens with zero attached hydrogens (tertiary/aromatic N) is 2. The fourth-order valence-electron chi connectivity index (χ4n) is 4.18. The van der Waals surface area contributed by atoms with Crippen molar-refractivity contribution in [2.24, 2.45) is 0 Å². The Morgan fingerprint density at radius 2 is 1.45 bits per heavy atom. The van der Waals surface area contributed by atoms with E-state index in [1.165, 1.54) is 11.1 Å². The second kappa shape index (κ2) is 10.9. The second-order valence-corrected chi connectivity index (χ2v) is 8.63. The molecule has 3 aromatic rings. The van der Waals surface area contributed by atoms with Crippen LogP contribution in [0.25, 0.3) is 0 Å². The molecule has 31 heavy (non-hydrogen) atoms. The predicted octanol–water partition coefficient (Wildman–Crippen LogP) is 5.57. The number of ether oxygens (including phenoxy) is 1. The third-order valence-electron chi connectivity index (χ3n) is 6.10. The maximum absolute atomic E-state index is 6.49. The Kier molecular flexibility index (Phi) is 7.76. The molecule has 1 heterocycles. The lowest BCUT2D eigenvalue weighted by Gasteiger charge is -2.35. The predicted molar refractivity (Wildman–Crippen MR) is 129 cm³/mol. The van der Waals surface area contributed by atoms with Crippen LogP contribution in [0.5, 0.6) is 0 Å². The number of rotatable bonds is 8. The highest BCUT2D eigenvalue weighted by Crippen LogP contribution is 2.31. The Bertz CT molecular complexity index is 954. The smallest absolute Gasteiger partial charge is 0.109 e. The van der Waals surface area contributed by atoms with Gasteiger partial charge in [0, 0.05) is 49.9 Å². The van der Waals surface area contributed by atoms with Gasteiger partial charge >= 0.3 is 0 Å². The van der Waals surface area contributed by atoms with Crippen LogP contribution in [-0.4, -0.2) is 49.1 Å². The summed E-state index contributed by atoms with van der Waals surface area (Å²) >= 11 is 6.49. The molecule has 3 aromatic carbocycles. The maximum Gasteiger partial charge on any atom is 0.109 e. The molecule has 1 fully saturated rings. The molecule has 1 saturated heterocycles. The van der Waals surface area contributed by atoms with Gasteiger partial charge in [-0.1, -0.05) is 84.4 Å². The second-order valence-electron chi connectivity index (χ2n) is 8.23. The van der Waals surface area contributed by atoms with Crippen LogP contribution in [0.15, 0.2) is 78.9 Å². The average Bonchev–Trinajstić information content (AvgIpc) is 2.81. The molecular formula is C27H31ClN2O. The number of piperazine rings is 1. The lowest BCUT2D eigenvalue weighted by atomic mass is 10.0. The van der Waals surface area contributed by atoms with Crippen molar-refractivity contribution in [1.29, 1.82) is 0 Å². The number of benzene rings is 3. The van der Waals surface area contributed by atoms with E-state index in [4.69, 9.17) is 16.3 Å². The molecule has 0 aromatic heterocycles. The van der Waals surface area contributed by atoms with Crippen LogP contribution in [0.4, 0.5) is 0 Å². The van der Waals surface area contributed by atoms with Crippen molar-refractivity contribution in [2.75, 3.05) is 39.3 Å². The zero-order chi connectivity index (χ0) is 21.5. The lowest BCUT2D eigenvalue weighted by molar-refractivity contribution is 0.0442. The molecule has 0 saturated carbocycles. The van der Waals surface area contributed by atoms with Gasteiger partial charge in [-0.2, -0.15) is 0 Å². The SMILES string of the molecule is Cc1ccccc1CN1CCN(CCOC(c2ccccc2)c2ccccc2Cl)CC1. The van der Waals surface area contributed by atoms with Crippen molar-refractivity contribution in [3.8, 4) is 0 Å². The van der Waals surface area contributed by atoms with Crippen LogP contribution in [0.2, 0.25) is 5.02 Å². The molecule has 0 aliphatic carbocycles. The van der Waals surface area contributed by atoms with Gasteiger partial charge in [-0.25, -0.2) is 0 Å². The average molecular weight is 435 g/mol. The summed E-state index contributed by atoms with van der Waals surface area (Å²) in [4.78, 5) is 5.05. The quantitative estimate of drug-likeness (QED) is 0.460. The van der Waals surface area contributed by atoms with Crippen LogP contribution in [0.1, 0.15) is 28.4 Å². The van der Waals surface area contributed by atoms with Gasteiger partial charge in [-0.15, -0.1) is 0 Å². The first-order valence-corrected chi connectivity index (χ1v) is 11.5. The highest BCUT2D eigenvalue weighted by molar-refractivity contribution is 6.31. The molecule has 3 nitrogen and oxygen atoms in total. The number of halogens is 1. The Balaban J connectivity index is 1.30. The summed E-state index contributed by atoms with van der Waals surface area (Å²) in [6.07, 6.45) is -0.141. The minimum atomic E-state index is -0.141. The first-order valence-electron chi connectivity index (χ1n) is 11.1. The number of hydrogen-bond acceptors (Lipinski definition) is 3. The van der Waals surface area contributed by atoms with E-state index in [1.807, 2.05) is 24.3 Å². The van der Waals surface area contributed by atoms with Crippen LogP contribution in [0.3, 0.4) is 0 Å². The zero-order valence-electron chi connectivity index (χ0n) is 18.2. The summed E-state index contributed by atoms with van der Waals surface area (Å²) in [7, 11) is 0. The van der Waals surface area contributed by atoms with Crippen molar-refractivity contribution in [3.05, 3.63) is 106 Å². The third kappa shape index (κ3) is 5.96. The summed E-state index contributed by atoms with van der Waals surface area (Å²) in [5.74, 6) is 0. The van der Waals surface area contributed by atoms with Gasteiger partial charge in [0.2, 0.25) is 0 Å². The molecule has 1 aliphatic heterocycles. The van der Waals surface area contributed by atoms with Gasteiger partial charge < -0.3 is 4.74 Å². The highest BCUT2D eigenvalue weighted by Gasteiger charge is 2.20. The fraction of sp³-hybridized carbons (Fsp3) is 0.333.